The Morgan fingerprint density at radius 1 is 1.21 bits per heavy atom. The molecule has 24 heavy (non-hydrogen) atoms. The van der Waals surface area contributed by atoms with Gasteiger partial charge in [0.1, 0.15) is 5.76 Å². The van der Waals surface area contributed by atoms with E-state index >= 15 is 0 Å². The lowest BCUT2D eigenvalue weighted by Gasteiger charge is -2.23. The van der Waals surface area contributed by atoms with E-state index < -0.39 is 6.61 Å². The highest BCUT2D eigenvalue weighted by Gasteiger charge is 2.18. The quantitative estimate of drug-likeness (QED) is 0.759. The van der Waals surface area contributed by atoms with Crippen molar-refractivity contribution >= 4 is 0 Å². The Morgan fingerprint density at radius 3 is 2.58 bits per heavy atom. The van der Waals surface area contributed by atoms with E-state index in [-0.39, 0.29) is 17.5 Å². The number of ether oxygens (including phenoxy) is 2. The van der Waals surface area contributed by atoms with Crippen LogP contribution in [0.1, 0.15) is 17.4 Å². The Labute approximate surface area is 140 Å². The number of alkyl halides is 2. The third-order valence-electron chi connectivity index (χ3n) is 3.64. The molecule has 2 aromatic rings. The Morgan fingerprint density at radius 2 is 2.00 bits per heavy atom. The Hall–Kier alpha value is -2.12. The molecule has 0 bridgehead atoms. The third kappa shape index (κ3) is 4.69. The van der Waals surface area contributed by atoms with E-state index in [9.17, 15) is 8.78 Å². The fourth-order valence-corrected chi connectivity index (χ4v) is 2.45. The van der Waals surface area contributed by atoms with Gasteiger partial charge in [-0.2, -0.15) is 8.78 Å². The standard InChI is InChI=1S/C17H22F2N2O3/c1-21(2)13(14-8-5-9-23-14)11-20-10-12-6-4-7-15(22-3)16(12)24-17(18)19/h4-9,13,17,20H,10-11H2,1-3H3. The molecular weight excluding hydrogens is 318 g/mol. The summed E-state index contributed by atoms with van der Waals surface area (Å²) in [6.07, 6.45) is 1.63. The molecular formula is C17H22F2N2O3. The van der Waals surface area contributed by atoms with Crippen LogP contribution in [0.5, 0.6) is 11.5 Å². The van der Waals surface area contributed by atoms with E-state index in [0.717, 1.165) is 5.76 Å². The number of rotatable bonds is 9. The van der Waals surface area contributed by atoms with Crippen molar-refractivity contribution in [2.75, 3.05) is 27.7 Å². The molecule has 7 heteroatoms. The highest BCUT2D eigenvalue weighted by atomic mass is 19.3. The molecule has 1 aromatic carbocycles. The van der Waals surface area contributed by atoms with Crippen molar-refractivity contribution < 1.29 is 22.7 Å². The second kappa shape index (κ2) is 8.65. The van der Waals surface area contributed by atoms with Crippen molar-refractivity contribution in [2.24, 2.45) is 0 Å². The molecule has 2 rings (SSSR count). The van der Waals surface area contributed by atoms with E-state index in [1.54, 1.807) is 24.5 Å². The van der Waals surface area contributed by atoms with Gasteiger partial charge < -0.3 is 19.2 Å². The Balaban J connectivity index is 2.05. The topological polar surface area (TPSA) is 46.9 Å². The number of methoxy groups -OCH3 is 1. The van der Waals surface area contributed by atoms with Gasteiger partial charge in [0.2, 0.25) is 0 Å². The molecule has 1 aromatic heterocycles. The molecule has 1 atom stereocenters. The molecule has 0 radical (unpaired) electrons. The van der Waals surface area contributed by atoms with Crippen LogP contribution >= 0.6 is 0 Å². The van der Waals surface area contributed by atoms with Crippen LogP contribution in [0.3, 0.4) is 0 Å². The minimum Gasteiger partial charge on any atom is -0.493 e. The SMILES string of the molecule is COc1cccc(CNCC(c2ccco2)N(C)C)c1OC(F)F. The summed E-state index contributed by atoms with van der Waals surface area (Å²) in [5.74, 6) is 1.17. The van der Waals surface area contributed by atoms with Gasteiger partial charge in [0.05, 0.1) is 19.4 Å². The maximum atomic E-state index is 12.6. The minimum atomic E-state index is -2.90. The minimum absolute atomic E-state index is 0.0325. The molecule has 1 N–H and O–H groups in total. The van der Waals surface area contributed by atoms with Gasteiger partial charge in [-0.3, -0.25) is 4.90 Å². The van der Waals surface area contributed by atoms with Crippen LogP contribution < -0.4 is 14.8 Å². The first-order chi connectivity index (χ1) is 11.5. The maximum Gasteiger partial charge on any atom is 0.387 e. The zero-order chi connectivity index (χ0) is 17.5. The van der Waals surface area contributed by atoms with Crippen molar-refractivity contribution in [3.05, 3.63) is 47.9 Å². The summed E-state index contributed by atoms with van der Waals surface area (Å²) < 4.78 is 40.4. The lowest BCUT2D eigenvalue weighted by atomic mass is 10.1. The zero-order valence-electron chi connectivity index (χ0n) is 14.0. The largest absolute Gasteiger partial charge is 0.493 e. The summed E-state index contributed by atoms with van der Waals surface area (Å²) in [5.41, 5.74) is 0.603. The number of nitrogens with one attached hydrogen (secondary N) is 1. The number of likely N-dealkylation sites (N-methyl/N-ethyl adjacent to an activating group) is 1. The summed E-state index contributed by atoms with van der Waals surface area (Å²) in [4.78, 5) is 2.02. The van der Waals surface area contributed by atoms with Gasteiger partial charge in [-0.25, -0.2) is 0 Å². The van der Waals surface area contributed by atoms with E-state index in [0.29, 0.717) is 18.7 Å². The van der Waals surface area contributed by atoms with Crippen LogP contribution in [0.25, 0.3) is 0 Å². The summed E-state index contributed by atoms with van der Waals surface area (Å²) in [7, 11) is 5.32. The summed E-state index contributed by atoms with van der Waals surface area (Å²) in [6, 6.07) is 8.83. The van der Waals surface area contributed by atoms with Crippen molar-refractivity contribution in [1.82, 2.24) is 10.2 Å². The first kappa shape index (κ1) is 18.2. The molecule has 0 spiro atoms. The second-order valence-electron chi connectivity index (χ2n) is 5.45. The number of hydrogen-bond donors (Lipinski definition) is 1. The van der Waals surface area contributed by atoms with Crippen LogP contribution in [-0.4, -0.2) is 39.3 Å². The van der Waals surface area contributed by atoms with Crippen LogP contribution in [0.4, 0.5) is 8.78 Å². The molecule has 0 saturated carbocycles. The summed E-state index contributed by atoms with van der Waals surface area (Å²) in [5, 5.41) is 3.25. The monoisotopic (exact) mass is 340 g/mol. The lowest BCUT2D eigenvalue weighted by Crippen LogP contribution is -2.30. The number of halogens is 2. The molecule has 5 nitrogen and oxygen atoms in total. The van der Waals surface area contributed by atoms with Crippen LogP contribution in [0.15, 0.2) is 41.0 Å². The van der Waals surface area contributed by atoms with Gasteiger partial charge in [0.15, 0.2) is 11.5 Å². The first-order valence-electron chi connectivity index (χ1n) is 7.54. The van der Waals surface area contributed by atoms with Gasteiger partial charge in [-0.05, 0) is 32.3 Å². The maximum absolute atomic E-state index is 12.6. The number of hydrogen-bond acceptors (Lipinski definition) is 5. The van der Waals surface area contributed by atoms with Crippen molar-refractivity contribution in [1.29, 1.82) is 0 Å². The molecule has 0 amide bonds. The average Bonchev–Trinajstić information content (AvgIpc) is 3.05. The molecule has 132 valence electrons. The van der Waals surface area contributed by atoms with Gasteiger partial charge in [0, 0.05) is 18.7 Å². The summed E-state index contributed by atoms with van der Waals surface area (Å²) >= 11 is 0. The highest BCUT2D eigenvalue weighted by Crippen LogP contribution is 2.32. The number of para-hydroxylation sites is 1. The van der Waals surface area contributed by atoms with Crippen molar-refractivity contribution in [2.45, 2.75) is 19.2 Å². The fraction of sp³-hybridized carbons (Fsp3) is 0.412. The predicted octanol–water partition coefficient (Wildman–Crippen LogP) is 3.28. The van der Waals surface area contributed by atoms with Gasteiger partial charge >= 0.3 is 6.61 Å². The van der Waals surface area contributed by atoms with Gasteiger partial charge in [0.25, 0.3) is 0 Å². The van der Waals surface area contributed by atoms with Crippen molar-refractivity contribution in [3.8, 4) is 11.5 Å². The van der Waals surface area contributed by atoms with Gasteiger partial charge in [-0.1, -0.05) is 12.1 Å². The normalized spacial score (nSPS) is 12.6. The Bertz CT molecular complexity index is 618. The van der Waals surface area contributed by atoms with Crippen molar-refractivity contribution in [3.63, 3.8) is 0 Å². The Kier molecular flexibility index (Phi) is 6.57. The van der Waals surface area contributed by atoms with Crippen LogP contribution in [-0.2, 0) is 6.54 Å². The second-order valence-corrected chi connectivity index (χ2v) is 5.45. The molecule has 0 fully saturated rings. The molecule has 0 aliphatic rings. The predicted molar refractivity (Wildman–Crippen MR) is 86.5 cm³/mol. The van der Waals surface area contributed by atoms with Crippen LogP contribution in [0.2, 0.25) is 0 Å². The highest BCUT2D eigenvalue weighted by molar-refractivity contribution is 5.46. The lowest BCUT2D eigenvalue weighted by molar-refractivity contribution is -0.0518. The van der Waals surface area contributed by atoms with E-state index in [1.807, 2.05) is 31.1 Å². The summed E-state index contributed by atoms with van der Waals surface area (Å²) in [6.45, 7) is -1.95. The third-order valence-corrected chi connectivity index (χ3v) is 3.64. The molecule has 0 aliphatic carbocycles. The fourth-order valence-electron chi connectivity index (χ4n) is 2.45. The molecule has 1 heterocycles. The number of furan rings is 1. The smallest absolute Gasteiger partial charge is 0.387 e. The number of nitrogens with zero attached hydrogens (tertiary/aromatic N) is 1. The van der Waals surface area contributed by atoms with E-state index in [2.05, 4.69) is 10.1 Å². The molecule has 1 unspecified atom stereocenters. The first-order valence-corrected chi connectivity index (χ1v) is 7.54. The average molecular weight is 340 g/mol. The zero-order valence-corrected chi connectivity index (χ0v) is 14.0. The van der Waals surface area contributed by atoms with E-state index in [4.69, 9.17) is 9.15 Å². The number of benzene rings is 1. The molecule has 0 saturated heterocycles. The van der Waals surface area contributed by atoms with Gasteiger partial charge in [-0.15, -0.1) is 0 Å². The van der Waals surface area contributed by atoms with E-state index in [1.165, 1.54) is 7.11 Å². The molecule has 0 aliphatic heterocycles. The van der Waals surface area contributed by atoms with Crippen LogP contribution in [0, 0.1) is 0 Å².